The van der Waals surface area contributed by atoms with Crippen molar-refractivity contribution in [1.29, 1.82) is 0 Å². The highest BCUT2D eigenvalue weighted by molar-refractivity contribution is 5.91. The topological polar surface area (TPSA) is 105 Å². The molecule has 0 atom stereocenters. The molecule has 0 spiro atoms. The summed E-state index contributed by atoms with van der Waals surface area (Å²) in [4.78, 5) is 18.3. The van der Waals surface area contributed by atoms with Gasteiger partial charge in [-0.3, -0.25) is 9.69 Å². The molecule has 23 heavy (non-hydrogen) atoms. The molecule has 2 aromatic rings. The molecule has 0 unspecified atom stereocenters. The molecule has 0 aromatic carbocycles. The molecule has 1 amide bonds. The number of carbonyl (C=O) groups excluding carboxylic acids is 1. The summed E-state index contributed by atoms with van der Waals surface area (Å²) in [5.74, 6) is 1.47. The van der Waals surface area contributed by atoms with Crippen molar-refractivity contribution < 1.29 is 18.8 Å². The highest BCUT2D eigenvalue weighted by atomic mass is 16.5. The van der Waals surface area contributed by atoms with Crippen LogP contribution >= 0.6 is 0 Å². The molecule has 8 heteroatoms. The van der Waals surface area contributed by atoms with E-state index in [1.54, 1.807) is 6.07 Å². The van der Waals surface area contributed by atoms with Gasteiger partial charge in [-0.2, -0.15) is 4.98 Å². The van der Waals surface area contributed by atoms with Gasteiger partial charge in [0.05, 0.1) is 6.54 Å². The summed E-state index contributed by atoms with van der Waals surface area (Å²) < 4.78 is 10.4. The van der Waals surface area contributed by atoms with E-state index in [4.69, 9.17) is 14.0 Å². The average molecular weight is 320 g/mol. The second-order valence-corrected chi connectivity index (χ2v) is 5.52. The van der Waals surface area contributed by atoms with Gasteiger partial charge in [0.15, 0.2) is 11.6 Å². The fraction of sp³-hybridized carbons (Fsp3) is 0.533. The normalized spacial score (nSPS) is 15.2. The third-order valence-corrected chi connectivity index (χ3v) is 3.74. The van der Waals surface area contributed by atoms with Crippen LogP contribution in [0.2, 0.25) is 0 Å². The minimum absolute atomic E-state index is 0.170. The minimum atomic E-state index is -0.286. The van der Waals surface area contributed by atoms with Crippen molar-refractivity contribution in [2.75, 3.05) is 19.6 Å². The van der Waals surface area contributed by atoms with Crippen molar-refractivity contribution in [2.24, 2.45) is 0 Å². The van der Waals surface area contributed by atoms with Gasteiger partial charge < -0.3 is 19.4 Å². The lowest BCUT2D eigenvalue weighted by Gasteiger charge is -2.11. The van der Waals surface area contributed by atoms with Crippen LogP contribution in [-0.2, 0) is 19.6 Å². The Labute approximate surface area is 133 Å². The summed E-state index contributed by atoms with van der Waals surface area (Å²) in [5, 5.41) is 15.3. The number of aliphatic hydroxyl groups is 1. The molecular formula is C15H20N4O4. The first-order valence-electron chi connectivity index (χ1n) is 7.76. The summed E-state index contributed by atoms with van der Waals surface area (Å²) in [5.41, 5.74) is 0. The van der Waals surface area contributed by atoms with Crippen LogP contribution in [0, 0.1) is 0 Å². The van der Waals surface area contributed by atoms with Crippen molar-refractivity contribution in [1.82, 2.24) is 20.4 Å². The number of nitrogens with zero attached hydrogens (tertiary/aromatic N) is 3. The molecule has 1 saturated heterocycles. The number of aromatic nitrogens is 2. The number of hydrogen-bond donors (Lipinski definition) is 2. The molecule has 0 aliphatic carbocycles. The Balaban J connectivity index is 1.45. The van der Waals surface area contributed by atoms with E-state index in [1.165, 1.54) is 12.8 Å². The fourth-order valence-electron chi connectivity index (χ4n) is 2.58. The van der Waals surface area contributed by atoms with Crippen LogP contribution in [0.15, 0.2) is 21.1 Å². The van der Waals surface area contributed by atoms with Crippen LogP contribution in [-0.4, -0.2) is 45.7 Å². The number of aliphatic hydroxyl groups excluding tert-OH is 1. The molecule has 124 valence electrons. The fourth-order valence-corrected chi connectivity index (χ4v) is 2.58. The SMILES string of the molecule is O=C(NCCc1noc(CO)n1)c1ccc(CN2CCCC2)o1. The van der Waals surface area contributed by atoms with Crippen LogP contribution < -0.4 is 5.32 Å². The first kappa shape index (κ1) is 15.7. The zero-order valence-electron chi connectivity index (χ0n) is 12.8. The van der Waals surface area contributed by atoms with Gasteiger partial charge in [-0.05, 0) is 38.1 Å². The Kier molecular flexibility index (Phi) is 5.04. The second-order valence-electron chi connectivity index (χ2n) is 5.52. The molecule has 1 aliphatic heterocycles. The number of carbonyl (C=O) groups is 1. The van der Waals surface area contributed by atoms with E-state index in [0.29, 0.717) is 24.6 Å². The van der Waals surface area contributed by atoms with Gasteiger partial charge in [0.2, 0.25) is 0 Å². The highest BCUT2D eigenvalue weighted by Gasteiger charge is 2.16. The van der Waals surface area contributed by atoms with Gasteiger partial charge in [-0.1, -0.05) is 5.16 Å². The molecule has 2 N–H and O–H groups in total. The van der Waals surface area contributed by atoms with E-state index < -0.39 is 0 Å². The van der Waals surface area contributed by atoms with E-state index in [-0.39, 0.29) is 18.4 Å². The zero-order valence-corrected chi connectivity index (χ0v) is 12.8. The maximum atomic E-state index is 12.0. The maximum Gasteiger partial charge on any atom is 0.287 e. The Morgan fingerprint density at radius 3 is 2.91 bits per heavy atom. The van der Waals surface area contributed by atoms with E-state index in [1.807, 2.05) is 6.07 Å². The minimum Gasteiger partial charge on any atom is -0.455 e. The zero-order chi connectivity index (χ0) is 16.1. The molecule has 1 fully saturated rings. The van der Waals surface area contributed by atoms with Gasteiger partial charge in [-0.15, -0.1) is 0 Å². The van der Waals surface area contributed by atoms with E-state index in [0.717, 1.165) is 25.4 Å². The number of likely N-dealkylation sites (tertiary alicyclic amines) is 1. The van der Waals surface area contributed by atoms with E-state index in [9.17, 15) is 4.79 Å². The Bertz CT molecular complexity index is 645. The third kappa shape index (κ3) is 4.17. The van der Waals surface area contributed by atoms with Crippen LogP contribution in [0.25, 0.3) is 0 Å². The van der Waals surface area contributed by atoms with Gasteiger partial charge in [0.1, 0.15) is 12.4 Å². The number of hydrogen-bond acceptors (Lipinski definition) is 7. The van der Waals surface area contributed by atoms with Crippen molar-refractivity contribution in [2.45, 2.75) is 32.4 Å². The van der Waals surface area contributed by atoms with Crippen LogP contribution in [0.4, 0.5) is 0 Å². The molecule has 1 aliphatic rings. The summed E-state index contributed by atoms with van der Waals surface area (Å²) in [7, 11) is 0. The van der Waals surface area contributed by atoms with Gasteiger partial charge in [0, 0.05) is 13.0 Å². The monoisotopic (exact) mass is 320 g/mol. The lowest BCUT2D eigenvalue weighted by Crippen LogP contribution is -2.25. The van der Waals surface area contributed by atoms with Crippen molar-refractivity contribution in [3.8, 4) is 0 Å². The smallest absolute Gasteiger partial charge is 0.287 e. The molecule has 3 heterocycles. The third-order valence-electron chi connectivity index (χ3n) is 3.74. The number of furan rings is 1. The van der Waals surface area contributed by atoms with Crippen molar-refractivity contribution >= 4 is 5.91 Å². The van der Waals surface area contributed by atoms with Gasteiger partial charge >= 0.3 is 0 Å². The molecule has 8 nitrogen and oxygen atoms in total. The van der Waals surface area contributed by atoms with Gasteiger partial charge in [0.25, 0.3) is 11.8 Å². The lowest BCUT2D eigenvalue weighted by atomic mass is 10.3. The lowest BCUT2D eigenvalue weighted by molar-refractivity contribution is 0.0922. The summed E-state index contributed by atoms with van der Waals surface area (Å²) >= 11 is 0. The average Bonchev–Trinajstić information content (AvgIpc) is 3.28. The summed E-state index contributed by atoms with van der Waals surface area (Å²) in [6.45, 7) is 3.00. The van der Waals surface area contributed by atoms with E-state index >= 15 is 0 Å². The van der Waals surface area contributed by atoms with Crippen LogP contribution in [0.5, 0.6) is 0 Å². The predicted octanol–water partition coefficient (Wildman–Crippen LogP) is 0.723. The first-order chi connectivity index (χ1) is 11.2. The Morgan fingerprint density at radius 1 is 1.35 bits per heavy atom. The quantitative estimate of drug-likeness (QED) is 0.774. The maximum absolute atomic E-state index is 12.0. The number of rotatable bonds is 7. The molecule has 0 bridgehead atoms. The summed E-state index contributed by atoms with van der Waals surface area (Å²) in [6, 6.07) is 3.54. The number of amides is 1. The summed E-state index contributed by atoms with van der Waals surface area (Å²) in [6.07, 6.45) is 2.88. The van der Waals surface area contributed by atoms with Crippen LogP contribution in [0.3, 0.4) is 0 Å². The standard InChI is InChI=1S/C15H20N4O4/c20-10-14-17-13(18-23-14)5-6-16-15(21)12-4-3-11(22-12)9-19-7-1-2-8-19/h3-4,20H,1-2,5-10H2,(H,16,21). The first-order valence-corrected chi connectivity index (χ1v) is 7.76. The predicted molar refractivity (Wildman–Crippen MR) is 79.5 cm³/mol. The Morgan fingerprint density at radius 2 is 2.17 bits per heavy atom. The number of nitrogens with one attached hydrogen (secondary N) is 1. The highest BCUT2D eigenvalue weighted by Crippen LogP contribution is 2.15. The van der Waals surface area contributed by atoms with Crippen molar-refractivity contribution in [3.63, 3.8) is 0 Å². The van der Waals surface area contributed by atoms with Crippen LogP contribution in [0.1, 0.15) is 40.9 Å². The van der Waals surface area contributed by atoms with Crippen molar-refractivity contribution in [3.05, 3.63) is 35.4 Å². The molecule has 2 aromatic heterocycles. The van der Waals surface area contributed by atoms with E-state index in [2.05, 4.69) is 20.4 Å². The molecule has 3 rings (SSSR count). The Hall–Kier alpha value is -2.19. The second kappa shape index (κ2) is 7.38. The van der Waals surface area contributed by atoms with Gasteiger partial charge in [-0.25, -0.2) is 0 Å². The molecule has 0 radical (unpaired) electrons. The largest absolute Gasteiger partial charge is 0.455 e. The molecule has 0 saturated carbocycles. The molecular weight excluding hydrogens is 300 g/mol.